The van der Waals surface area contributed by atoms with Crippen molar-refractivity contribution in [2.24, 2.45) is 0 Å². The zero-order valence-electron chi connectivity index (χ0n) is 15.1. The van der Waals surface area contributed by atoms with Gasteiger partial charge in [0.05, 0.1) is 0 Å². The summed E-state index contributed by atoms with van der Waals surface area (Å²) in [6.45, 7) is 0.610. The van der Waals surface area contributed by atoms with Crippen LogP contribution in [-0.4, -0.2) is 35.3 Å². The van der Waals surface area contributed by atoms with E-state index in [0.717, 1.165) is 17.7 Å². The molecule has 0 radical (unpaired) electrons. The van der Waals surface area contributed by atoms with Crippen LogP contribution in [-0.2, 0) is 6.42 Å². The molecular weight excluding hydrogens is 338 g/mol. The van der Waals surface area contributed by atoms with Gasteiger partial charge >= 0.3 is 0 Å². The topological polar surface area (TPSA) is 62.3 Å². The van der Waals surface area contributed by atoms with Crippen molar-refractivity contribution in [3.63, 3.8) is 0 Å². The van der Waals surface area contributed by atoms with E-state index in [1.165, 1.54) is 0 Å². The Morgan fingerprint density at radius 2 is 1.52 bits per heavy atom. The van der Waals surface area contributed by atoms with Gasteiger partial charge in [0.1, 0.15) is 0 Å². The van der Waals surface area contributed by atoms with Crippen LogP contribution >= 0.6 is 0 Å². The molecule has 5 nitrogen and oxygen atoms in total. The fourth-order valence-electron chi connectivity index (χ4n) is 2.66. The average Bonchev–Trinajstić information content (AvgIpc) is 2.73. The number of aromatic nitrogens is 1. The number of nitrogens with zero attached hydrogens (tertiary/aromatic N) is 2. The second kappa shape index (κ2) is 8.76. The lowest BCUT2D eigenvalue weighted by atomic mass is 10.1. The van der Waals surface area contributed by atoms with Crippen molar-refractivity contribution in [2.45, 2.75) is 6.42 Å². The molecule has 0 saturated heterocycles. The number of para-hydroxylation sites is 1. The molecule has 0 aliphatic carbocycles. The molecule has 0 spiro atoms. The van der Waals surface area contributed by atoms with E-state index in [9.17, 15) is 9.59 Å². The summed E-state index contributed by atoms with van der Waals surface area (Å²) < 4.78 is 0. The van der Waals surface area contributed by atoms with E-state index in [1.54, 1.807) is 48.6 Å². The van der Waals surface area contributed by atoms with Crippen molar-refractivity contribution in [2.75, 3.05) is 18.9 Å². The van der Waals surface area contributed by atoms with Crippen molar-refractivity contribution in [1.82, 2.24) is 9.88 Å². The second-order valence-electron chi connectivity index (χ2n) is 6.23. The lowest BCUT2D eigenvalue weighted by molar-refractivity contribution is 0.0796. The third-order valence-corrected chi connectivity index (χ3v) is 4.26. The van der Waals surface area contributed by atoms with Crippen molar-refractivity contribution >= 4 is 17.5 Å². The maximum absolute atomic E-state index is 12.6. The van der Waals surface area contributed by atoms with Gasteiger partial charge in [-0.2, -0.15) is 0 Å². The summed E-state index contributed by atoms with van der Waals surface area (Å²) in [7, 11) is 1.78. The van der Waals surface area contributed by atoms with Gasteiger partial charge in [0, 0.05) is 42.8 Å². The Labute approximate surface area is 158 Å². The van der Waals surface area contributed by atoms with Crippen molar-refractivity contribution < 1.29 is 9.59 Å². The first-order valence-corrected chi connectivity index (χ1v) is 8.74. The Hall–Kier alpha value is -3.47. The minimum Gasteiger partial charge on any atom is -0.341 e. The molecule has 0 fully saturated rings. The van der Waals surface area contributed by atoms with Crippen LogP contribution in [0.1, 0.15) is 26.3 Å². The molecule has 0 atom stereocenters. The number of carbonyl (C=O) groups excluding carboxylic acids is 2. The van der Waals surface area contributed by atoms with Crippen LogP contribution in [0.3, 0.4) is 0 Å². The maximum Gasteiger partial charge on any atom is 0.255 e. The molecular formula is C22H21N3O2. The van der Waals surface area contributed by atoms with E-state index in [-0.39, 0.29) is 11.8 Å². The zero-order valence-corrected chi connectivity index (χ0v) is 15.1. The number of rotatable bonds is 6. The third-order valence-electron chi connectivity index (χ3n) is 4.26. The molecule has 1 aromatic heterocycles. The molecule has 0 saturated carbocycles. The van der Waals surface area contributed by atoms with E-state index < -0.39 is 0 Å². The van der Waals surface area contributed by atoms with Crippen LogP contribution in [0.15, 0.2) is 79.1 Å². The highest BCUT2D eigenvalue weighted by Gasteiger charge is 2.13. The number of likely N-dealkylation sites (N-methyl/N-ethyl adjacent to an activating group) is 1. The van der Waals surface area contributed by atoms with Crippen LogP contribution in [0.4, 0.5) is 5.69 Å². The van der Waals surface area contributed by atoms with E-state index in [2.05, 4.69) is 10.3 Å². The third kappa shape index (κ3) is 5.01. The van der Waals surface area contributed by atoms with Crippen molar-refractivity contribution in [3.05, 3.63) is 95.8 Å². The van der Waals surface area contributed by atoms with Gasteiger partial charge in [-0.15, -0.1) is 0 Å². The number of hydrogen-bond donors (Lipinski definition) is 1. The van der Waals surface area contributed by atoms with Crippen LogP contribution in [0.2, 0.25) is 0 Å². The summed E-state index contributed by atoms with van der Waals surface area (Å²) in [5.74, 6) is -0.273. The number of amides is 2. The number of hydrogen-bond acceptors (Lipinski definition) is 3. The SMILES string of the molecule is CN(CCc1ccncc1)C(=O)c1ccc(C(=O)Nc2ccccc2)cc1. The van der Waals surface area contributed by atoms with Gasteiger partial charge in [-0.1, -0.05) is 18.2 Å². The number of anilines is 1. The molecule has 0 bridgehead atoms. The average molecular weight is 359 g/mol. The fourth-order valence-corrected chi connectivity index (χ4v) is 2.66. The lowest BCUT2D eigenvalue weighted by Gasteiger charge is -2.17. The normalized spacial score (nSPS) is 10.3. The zero-order chi connectivity index (χ0) is 19.1. The second-order valence-corrected chi connectivity index (χ2v) is 6.23. The summed E-state index contributed by atoms with van der Waals surface area (Å²) >= 11 is 0. The highest BCUT2D eigenvalue weighted by molar-refractivity contribution is 6.05. The monoisotopic (exact) mass is 359 g/mol. The van der Waals surface area contributed by atoms with Crippen LogP contribution in [0.5, 0.6) is 0 Å². The van der Waals surface area contributed by atoms with Gasteiger partial charge in [0.2, 0.25) is 0 Å². The Bertz CT molecular complexity index is 894. The summed E-state index contributed by atoms with van der Waals surface area (Å²) in [4.78, 5) is 30.5. The molecule has 1 N–H and O–H groups in total. The van der Waals surface area contributed by atoms with Gasteiger partial charge < -0.3 is 10.2 Å². The van der Waals surface area contributed by atoms with E-state index >= 15 is 0 Å². The molecule has 5 heteroatoms. The maximum atomic E-state index is 12.6. The molecule has 1 heterocycles. The van der Waals surface area contributed by atoms with Crippen LogP contribution in [0.25, 0.3) is 0 Å². The highest BCUT2D eigenvalue weighted by atomic mass is 16.2. The highest BCUT2D eigenvalue weighted by Crippen LogP contribution is 2.11. The molecule has 0 aliphatic heterocycles. The smallest absolute Gasteiger partial charge is 0.255 e. The number of carbonyl (C=O) groups is 2. The van der Waals surface area contributed by atoms with Crippen LogP contribution in [0, 0.1) is 0 Å². The van der Waals surface area contributed by atoms with Crippen molar-refractivity contribution in [1.29, 1.82) is 0 Å². The van der Waals surface area contributed by atoms with Gasteiger partial charge in [-0.3, -0.25) is 14.6 Å². The molecule has 2 aromatic carbocycles. The molecule has 0 unspecified atom stereocenters. The molecule has 3 aromatic rings. The molecule has 2 amide bonds. The quantitative estimate of drug-likeness (QED) is 0.731. The fraction of sp³-hybridized carbons (Fsp3) is 0.136. The van der Waals surface area contributed by atoms with E-state index in [1.807, 2.05) is 42.5 Å². The summed E-state index contributed by atoms with van der Waals surface area (Å²) in [5, 5.41) is 2.83. The Kier molecular flexibility index (Phi) is 5.94. The minimum absolute atomic E-state index is 0.0703. The first-order valence-electron chi connectivity index (χ1n) is 8.74. The first kappa shape index (κ1) is 18.3. The lowest BCUT2D eigenvalue weighted by Crippen LogP contribution is -2.28. The largest absolute Gasteiger partial charge is 0.341 e. The van der Waals surface area contributed by atoms with Gasteiger partial charge in [0.25, 0.3) is 11.8 Å². The molecule has 3 rings (SSSR count). The van der Waals surface area contributed by atoms with Gasteiger partial charge in [-0.05, 0) is 60.5 Å². The van der Waals surface area contributed by atoms with E-state index in [4.69, 9.17) is 0 Å². The first-order chi connectivity index (χ1) is 13.1. The predicted molar refractivity (Wildman–Crippen MR) is 106 cm³/mol. The van der Waals surface area contributed by atoms with Gasteiger partial charge in [-0.25, -0.2) is 0 Å². The number of nitrogens with one attached hydrogen (secondary N) is 1. The Morgan fingerprint density at radius 3 is 2.19 bits per heavy atom. The number of pyridine rings is 1. The summed E-state index contributed by atoms with van der Waals surface area (Å²) in [5.41, 5.74) is 2.94. The Morgan fingerprint density at radius 1 is 0.889 bits per heavy atom. The molecule has 0 aliphatic rings. The molecule has 136 valence electrons. The van der Waals surface area contributed by atoms with Crippen LogP contribution < -0.4 is 5.32 Å². The minimum atomic E-state index is -0.203. The molecule has 27 heavy (non-hydrogen) atoms. The summed E-state index contributed by atoms with van der Waals surface area (Å²) in [6, 6.07) is 19.9. The predicted octanol–water partition coefficient (Wildman–Crippen LogP) is 3.65. The summed E-state index contributed by atoms with van der Waals surface area (Å²) in [6.07, 6.45) is 4.26. The van der Waals surface area contributed by atoms with Crippen molar-refractivity contribution in [3.8, 4) is 0 Å². The van der Waals surface area contributed by atoms with Gasteiger partial charge in [0.15, 0.2) is 0 Å². The Balaban J connectivity index is 1.58. The number of benzene rings is 2. The van der Waals surface area contributed by atoms with E-state index in [0.29, 0.717) is 17.7 Å². The standard InChI is InChI=1S/C22H21N3O2/c1-25(16-13-17-11-14-23-15-12-17)22(27)19-9-7-18(8-10-19)21(26)24-20-5-3-2-4-6-20/h2-12,14-15H,13,16H2,1H3,(H,24,26).